The number of imidazole rings is 1. The molecule has 276 valence electrons. The topological polar surface area (TPSA) is 122 Å². The van der Waals surface area contributed by atoms with Crippen LogP contribution in [0.3, 0.4) is 0 Å². The zero-order valence-corrected chi connectivity index (χ0v) is 30.3. The summed E-state index contributed by atoms with van der Waals surface area (Å²) in [6.07, 6.45) is 4.06. The Labute approximate surface area is 314 Å². The fourth-order valence-electron chi connectivity index (χ4n) is 7.93. The molecule has 0 bridgehead atoms. The van der Waals surface area contributed by atoms with Gasteiger partial charge in [-0.1, -0.05) is 91.9 Å². The van der Waals surface area contributed by atoms with Crippen LogP contribution in [0, 0.1) is 5.92 Å². The van der Waals surface area contributed by atoms with E-state index >= 15 is 0 Å². The lowest BCUT2D eigenvalue weighted by Gasteiger charge is -2.44. The molecular weight excluding hydrogens is 679 g/mol. The molecule has 0 saturated carbocycles. The molecule has 4 heterocycles. The number of ether oxygens (including phenoxy) is 2. The van der Waals surface area contributed by atoms with Gasteiger partial charge in [-0.05, 0) is 64.9 Å². The Bertz CT molecular complexity index is 2240. The van der Waals surface area contributed by atoms with Gasteiger partial charge >= 0.3 is 5.69 Å². The number of hydrogen-bond acceptors (Lipinski definition) is 7. The van der Waals surface area contributed by atoms with E-state index in [1.807, 2.05) is 71.3 Å². The van der Waals surface area contributed by atoms with E-state index < -0.39 is 6.29 Å². The Morgan fingerprint density at radius 3 is 2.39 bits per heavy atom. The van der Waals surface area contributed by atoms with Gasteiger partial charge in [0.2, 0.25) is 0 Å². The molecule has 2 fully saturated rings. The summed E-state index contributed by atoms with van der Waals surface area (Å²) >= 11 is 0. The number of carbonyl (C=O) groups excluding carboxylic acids is 1. The van der Waals surface area contributed by atoms with Crippen molar-refractivity contribution in [3.05, 3.63) is 160 Å². The van der Waals surface area contributed by atoms with Gasteiger partial charge in [-0.2, -0.15) is 0 Å². The van der Waals surface area contributed by atoms with Crippen molar-refractivity contribution in [3.8, 4) is 11.1 Å². The lowest BCUT2D eigenvalue weighted by Crippen LogP contribution is -2.47. The van der Waals surface area contributed by atoms with Crippen molar-refractivity contribution >= 4 is 16.9 Å². The van der Waals surface area contributed by atoms with Crippen LogP contribution in [-0.2, 0) is 22.6 Å². The van der Waals surface area contributed by atoms with Gasteiger partial charge in [0.1, 0.15) is 0 Å². The van der Waals surface area contributed by atoms with E-state index in [1.165, 1.54) is 0 Å². The van der Waals surface area contributed by atoms with Gasteiger partial charge in [-0.15, -0.1) is 0 Å². The smallest absolute Gasteiger partial charge is 0.326 e. The van der Waals surface area contributed by atoms with Gasteiger partial charge in [-0.25, -0.2) is 4.79 Å². The standard InChI is InChI=1S/C44H45N5O5/c1-29-40(27-48-23-20-36(21-24-48)49-39-11-5-4-10-38(39)47-44(49)52)53-43(54-41(29)32-14-12-30(28-50)13-15-32)33-18-16-31(17-19-33)37-9-3-2-7-34(37)26-46-42(51)35-8-6-22-45-25-35/h2-19,22,25,29,36,40-41,43,50H,20-21,23-24,26-28H2,1H3,(H,46,51)(H,47,52)/t29-,40+,41+,43+/m0/s1. The molecule has 54 heavy (non-hydrogen) atoms. The molecule has 10 heteroatoms. The number of nitrogens with zero attached hydrogens (tertiary/aromatic N) is 3. The number of likely N-dealkylation sites (tertiary alicyclic amines) is 1. The SMILES string of the molecule is C[C@H]1[C@@H](CN2CCC(n3c(=O)[nH]c4ccccc43)CC2)O[C@@H](c2ccc(-c3ccccc3CNC(=O)c3cccnc3)cc2)O[C@H]1c1ccc(CO)cc1. The van der Waals surface area contributed by atoms with Gasteiger partial charge in [0.05, 0.1) is 35.4 Å². The van der Waals surface area contributed by atoms with Crippen LogP contribution in [0.5, 0.6) is 0 Å². The van der Waals surface area contributed by atoms with Crippen molar-refractivity contribution in [2.24, 2.45) is 5.92 Å². The molecule has 8 rings (SSSR count). The number of rotatable bonds is 10. The minimum Gasteiger partial charge on any atom is -0.392 e. The first-order chi connectivity index (χ1) is 26.4. The van der Waals surface area contributed by atoms with Crippen LogP contribution in [-0.4, -0.2) is 56.2 Å². The number of fused-ring (bicyclic) bond motifs is 1. The van der Waals surface area contributed by atoms with Gasteiger partial charge in [0.25, 0.3) is 5.91 Å². The number of aromatic amines is 1. The predicted molar refractivity (Wildman–Crippen MR) is 208 cm³/mol. The molecule has 0 radical (unpaired) electrons. The Hall–Kier alpha value is -5.39. The monoisotopic (exact) mass is 723 g/mol. The second kappa shape index (κ2) is 15.9. The quantitative estimate of drug-likeness (QED) is 0.140. The summed E-state index contributed by atoms with van der Waals surface area (Å²) < 4.78 is 15.5. The number of pyridine rings is 1. The number of amides is 1. The van der Waals surface area contributed by atoms with Crippen LogP contribution in [0.2, 0.25) is 0 Å². The molecule has 1 amide bonds. The van der Waals surface area contributed by atoms with Crippen molar-refractivity contribution in [3.63, 3.8) is 0 Å². The third kappa shape index (κ3) is 7.51. The third-order valence-corrected chi connectivity index (χ3v) is 11.0. The van der Waals surface area contributed by atoms with Gasteiger partial charge in [-0.3, -0.25) is 14.3 Å². The summed E-state index contributed by atoms with van der Waals surface area (Å²) in [5.74, 6) is -0.110. The highest BCUT2D eigenvalue weighted by Gasteiger charge is 2.39. The second-order valence-electron chi connectivity index (χ2n) is 14.4. The van der Waals surface area contributed by atoms with E-state index in [4.69, 9.17) is 9.47 Å². The van der Waals surface area contributed by atoms with Crippen molar-refractivity contribution in [1.82, 2.24) is 24.8 Å². The molecule has 4 atom stereocenters. The van der Waals surface area contributed by atoms with Crippen LogP contribution in [0.25, 0.3) is 22.2 Å². The normalized spacial score (nSPS) is 20.9. The van der Waals surface area contributed by atoms with E-state index in [9.17, 15) is 14.7 Å². The first kappa shape index (κ1) is 35.6. The van der Waals surface area contributed by atoms with Gasteiger partial charge in [0.15, 0.2) is 6.29 Å². The molecule has 6 aromatic rings. The molecule has 4 aromatic carbocycles. The Morgan fingerprint density at radius 2 is 1.63 bits per heavy atom. The number of hydrogen-bond donors (Lipinski definition) is 3. The Kier molecular flexibility index (Phi) is 10.5. The van der Waals surface area contributed by atoms with Crippen molar-refractivity contribution in [2.45, 2.75) is 57.5 Å². The van der Waals surface area contributed by atoms with Gasteiger partial charge in [0, 0.05) is 56.1 Å². The van der Waals surface area contributed by atoms with E-state index in [2.05, 4.69) is 57.4 Å². The summed E-state index contributed by atoms with van der Waals surface area (Å²) in [5.41, 5.74) is 8.21. The molecular formula is C44H45N5O5. The summed E-state index contributed by atoms with van der Waals surface area (Å²) in [5, 5.41) is 12.7. The molecule has 10 nitrogen and oxygen atoms in total. The summed E-state index contributed by atoms with van der Waals surface area (Å²) in [6, 6.07) is 35.9. The van der Waals surface area contributed by atoms with Crippen LogP contribution in [0.15, 0.2) is 126 Å². The van der Waals surface area contributed by atoms with Crippen molar-refractivity contribution in [2.75, 3.05) is 19.6 Å². The largest absolute Gasteiger partial charge is 0.392 e. The number of aromatic nitrogens is 3. The molecule has 0 unspecified atom stereocenters. The number of benzene rings is 4. The lowest BCUT2D eigenvalue weighted by molar-refractivity contribution is -0.276. The second-order valence-corrected chi connectivity index (χ2v) is 14.4. The third-order valence-electron chi connectivity index (χ3n) is 11.0. The van der Waals surface area contributed by atoms with Crippen molar-refractivity contribution < 1.29 is 19.4 Å². The highest BCUT2D eigenvalue weighted by atomic mass is 16.7. The molecule has 0 spiro atoms. The number of nitrogens with one attached hydrogen (secondary N) is 2. The first-order valence-corrected chi connectivity index (χ1v) is 18.7. The summed E-state index contributed by atoms with van der Waals surface area (Å²) in [7, 11) is 0. The zero-order chi connectivity index (χ0) is 37.0. The average molecular weight is 724 g/mol. The Balaban J connectivity index is 0.989. The highest BCUT2D eigenvalue weighted by molar-refractivity contribution is 5.93. The minimum absolute atomic E-state index is 0.0112. The van der Waals surface area contributed by atoms with Crippen LogP contribution in [0.1, 0.15) is 70.8 Å². The molecule has 2 aliphatic rings. The van der Waals surface area contributed by atoms with Crippen LogP contribution in [0.4, 0.5) is 0 Å². The number of para-hydroxylation sites is 2. The van der Waals surface area contributed by atoms with E-state index in [0.717, 1.165) is 76.9 Å². The fourth-order valence-corrected chi connectivity index (χ4v) is 7.93. The predicted octanol–water partition coefficient (Wildman–Crippen LogP) is 6.94. The average Bonchev–Trinajstić information content (AvgIpc) is 3.57. The van der Waals surface area contributed by atoms with Crippen LogP contribution >= 0.6 is 0 Å². The minimum atomic E-state index is -0.584. The Morgan fingerprint density at radius 1 is 0.889 bits per heavy atom. The maximum atomic E-state index is 12.9. The number of piperidine rings is 1. The maximum Gasteiger partial charge on any atom is 0.326 e. The zero-order valence-electron chi connectivity index (χ0n) is 30.3. The lowest BCUT2D eigenvalue weighted by atomic mass is 9.89. The first-order valence-electron chi connectivity index (χ1n) is 18.7. The van der Waals surface area contributed by atoms with E-state index in [0.29, 0.717) is 12.1 Å². The number of aliphatic hydroxyl groups is 1. The summed E-state index contributed by atoms with van der Waals surface area (Å²) in [4.78, 5) is 35.2. The van der Waals surface area contributed by atoms with E-state index in [-0.39, 0.29) is 42.4 Å². The molecule has 0 aliphatic carbocycles. The fraction of sp³-hybridized carbons (Fsp3) is 0.295. The molecule has 2 aliphatic heterocycles. The number of H-pyrrole nitrogens is 1. The summed E-state index contributed by atoms with van der Waals surface area (Å²) in [6.45, 7) is 5.03. The number of carbonyl (C=O) groups is 1. The number of aliphatic hydroxyl groups excluding tert-OH is 1. The molecule has 2 aromatic heterocycles. The highest BCUT2D eigenvalue weighted by Crippen LogP contribution is 2.42. The van der Waals surface area contributed by atoms with Gasteiger partial charge < -0.3 is 29.8 Å². The van der Waals surface area contributed by atoms with Crippen molar-refractivity contribution in [1.29, 1.82) is 0 Å². The van der Waals surface area contributed by atoms with Crippen LogP contribution < -0.4 is 11.0 Å². The maximum absolute atomic E-state index is 12.9. The van der Waals surface area contributed by atoms with E-state index in [1.54, 1.807) is 24.5 Å². The molecule has 3 N–H and O–H groups in total. The molecule has 2 saturated heterocycles.